The van der Waals surface area contributed by atoms with Crippen LogP contribution in [0.2, 0.25) is 0 Å². The SMILES string of the molecule is C=C1CN(c2ccc(OCC)cc2)NC1=O. The van der Waals surface area contributed by atoms with Gasteiger partial charge in [0.25, 0.3) is 5.91 Å². The Morgan fingerprint density at radius 1 is 1.44 bits per heavy atom. The lowest BCUT2D eigenvalue weighted by Crippen LogP contribution is -2.32. The Hall–Kier alpha value is -1.97. The Morgan fingerprint density at radius 3 is 2.62 bits per heavy atom. The fraction of sp³-hybridized carbons (Fsp3) is 0.250. The van der Waals surface area contributed by atoms with Crippen molar-refractivity contribution in [3.8, 4) is 5.75 Å². The summed E-state index contributed by atoms with van der Waals surface area (Å²) in [7, 11) is 0. The van der Waals surface area contributed by atoms with Crippen LogP contribution in [-0.4, -0.2) is 19.1 Å². The maximum atomic E-state index is 11.3. The lowest BCUT2D eigenvalue weighted by atomic mass is 10.3. The first kappa shape index (κ1) is 10.5. The fourth-order valence-corrected chi connectivity index (χ4v) is 1.55. The molecule has 4 nitrogen and oxygen atoms in total. The molecule has 84 valence electrons. The third-order valence-electron chi connectivity index (χ3n) is 2.37. The number of hydrogen-bond acceptors (Lipinski definition) is 3. The first-order chi connectivity index (χ1) is 7.70. The van der Waals surface area contributed by atoms with Gasteiger partial charge >= 0.3 is 0 Å². The van der Waals surface area contributed by atoms with Crippen molar-refractivity contribution in [2.24, 2.45) is 0 Å². The van der Waals surface area contributed by atoms with Crippen LogP contribution in [-0.2, 0) is 4.79 Å². The van der Waals surface area contributed by atoms with Crippen molar-refractivity contribution in [2.75, 3.05) is 18.2 Å². The van der Waals surface area contributed by atoms with E-state index in [1.54, 1.807) is 5.01 Å². The van der Waals surface area contributed by atoms with Crippen molar-refractivity contribution < 1.29 is 9.53 Å². The van der Waals surface area contributed by atoms with Crippen LogP contribution in [0.5, 0.6) is 5.75 Å². The number of benzene rings is 1. The van der Waals surface area contributed by atoms with Gasteiger partial charge in [0.2, 0.25) is 0 Å². The number of nitrogens with zero attached hydrogens (tertiary/aromatic N) is 1. The summed E-state index contributed by atoms with van der Waals surface area (Å²) >= 11 is 0. The molecule has 0 aliphatic carbocycles. The molecular formula is C12H14N2O2. The summed E-state index contributed by atoms with van der Waals surface area (Å²) in [5.74, 6) is 0.712. The molecule has 1 aliphatic heterocycles. The largest absolute Gasteiger partial charge is 0.494 e. The van der Waals surface area contributed by atoms with Crippen LogP contribution in [0.4, 0.5) is 5.69 Å². The van der Waals surface area contributed by atoms with Crippen LogP contribution in [0.3, 0.4) is 0 Å². The predicted molar refractivity (Wildman–Crippen MR) is 62.2 cm³/mol. The fourth-order valence-electron chi connectivity index (χ4n) is 1.55. The first-order valence-electron chi connectivity index (χ1n) is 5.20. The topological polar surface area (TPSA) is 41.6 Å². The van der Waals surface area contributed by atoms with Gasteiger partial charge in [0.05, 0.1) is 18.8 Å². The predicted octanol–water partition coefficient (Wildman–Crippen LogP) is 1.49. The molecule has 1 fully saturated rings. The van der Waals surface area contributed by atoms with Crippen LogP contribution in [0.25, 0.3) is 0 Å². The van der Waals surface area contributed by atoms with Gasteiger partial charge in [-0.25, -0.2) is 0 Å². The standard InChI is InChI=1S/C12H14N2O2/c1-3-16-11-6-4-10(5-7-11)14-8-9(2)12(15)13-14/h4-7H,2-3,8H2,1H3,(H,13,15). The normalized spacial score (nSPS) is 15.2. The molecule has 1 aliphatic rings. The van der Waals surface area contributed by atoms with Crippen LogP contribution in [0.15, 0.2) is 36.4 Å². The molecule has 0 spiro atoms. The minimum Gasteiger partial charge on any atom is -0.494 e. The summed E-state index contributed by atoms with van der Waals surface area (Å²) in [6.45, 7) is 6.79. The molecule has 0 unspecified atom stereocenters. The van der Waals surface area contributed by atoms with Gasteiger partial charge in [0.15, 0.2) is 0 Å². The summed E-state index contributed by atoms with van der Waals surface area (Å²) in [6.07, 6.45) is 0. The molecule has 4 heteroatoms. The molecule has 2 rings (SSSR count). The number of anilines is 1. The molecule has 16 heavy (non-hydrogen) atoms. The Labute approximate surface area is 94.5 Å². The molecule has 0 aromatic heterocycles. The second-order valence-corrected chi connectivity index (χ2v) is 3.56. The average Bonchev–Trinajstić information content (AvgIpc) is 2.61. The van der Waals surface area contributed by atoms with Gasteiger partial charge in [0, 0.05) is 5.57 Å². The zero-order valence-corrected chi connectivity index (χ0v) is 9.19. The highest BCUT2D eigenvalue weighted by molar-refractivity contribution is 5.97. The highest BCUT2D eigenvalue weighted by atomic mass is 16.5. The summed E-state index contributed by atoms with van der Waals surface area (Å²) in [5.41, 5.74) is 4.23. The lowest BCUT2D eigenvalue weighted by molar-refractivity contribution is -0.116. The van der Waals surface area contributed by atoms with Crippen LogP contribution in [0.1, 0.15) is 6.92 Å². The maximum Gasteiger partial charge on any atom is 0.267 e. The second kappa shape index (κ2) is 4.26. The molecule has 0 atom stereocenters. The number of carbonyl (C=O) groups excluding carboxylic acids is 1. The first-order valence-corrected chi connectivity index (χ1v) is 5.20. The second-order valence-electron chi connectivity index (χ2n) is 3.56. The van der Waals surface area contributed by atoms with E-state index in [1.165, 1.54) is 0 Å². The van der Waals surface area contributed by atoms with Crippen molar-refractivity contribution in [2.45, 2.75) is 6.92 Å². The van der Waals surface area contributed by atoms with Crippen LogP contribution in [0, 0.1) is 0 Å². The van der Waals surface area contributed by atoms with Crippen LogP contribution < -0.4 is 15.2 Å². The maximum absolute atomic E-state index is 11.3. The molecule has 0 saturated carbocycles. The molecule has 1 saturated heterocycles. The molecule has 1 amide bonds. The van der Waals surface area contributed by atoms with Gasteiger partial charge < -0.3 is 4.74 Å². The van der Waals surface area contributed by atoms with E-state index in [0.29, 0.717) is 18.7 Å². The van der Waals surface area contributed by atoms with Crippen LogP contribution >= 0.6 is 0 Å². The van der Waals surface area contributed by atoms with Crippen molar-refractivity contribution in [3.63, 3.8) is 0 Å². The summed E-state index contributed by atoms with van der Waals surface area (Å²) in [6, 6.07) is 7.58. The van der Waals surface area contributed by atoms with Gasteiger partial charge in [-0.15, -0.1) is 0 Å². The van der Waals surface area contributed by atoms with Crippen molar-refractivity contribution in [3.05, 3.63) is 36.4 Å². The highest BCUT2D eigenvalue weighted by Gasteiger charge is 2.22. The minimum absolute atomic E-state index is 0.117. The molecule has 1 heterocycles. The number of ether oxygens (including phenoxy) is 1. The van der Waals surface area contributed by atoms with E-state index >= 15 is 0 Å². The minimum atomic E-state index is -0.117. The Morgan fingerprint density at radius 2 is 2.12 bits per heavy atom. The lowest BCUT2D eigenvalue weighted by Gasteiger charge is -2.17. The number of nitrogens with one attached hydrogen (secondary N) is 1. The van der Waals surface area contributed by atoms with E-state index in [9.17, 15) is 4.79 Å². The average molecular weight is 218 g/mol. The van der Waals surface area contributed by atoms with Gasteiger partial charge in [-0.2, -0.15) is 0 Å². The Balaban J connectivity index is 2.10. The third kappa shape index (κ3) is 2.00. The molecular weight excluding hydrogens is 204 g/mol. The highest BCUT2D eigenvalue weighted by Crippen LogP contribution is 2.21. The summed E-state index contributed by atoms with van der Waals surface area (Å²) < 4.78 is 5.34. The Bertz CT molecular complexity index is 396. The van der Waals surface area contributed by atoms with Gasteiger partial charge in [-0.3, -0.25) is 15.2 Å². The number of carbonyl (C=O) groups is 1. The number of hydrazine groups is 1. The van der Waals surface area contributed by atoms with E-state index < -0.39 is 0 Å². The Kier molecular flexibility index (Phi) is 2.81. The summed E-state index contributed by atoms with van der Waals surface area (Å²) in [4.78, 5) is 11.3. The molecule has 1 aromatic rings. The monoisotopic (exact) mass is 218 g/mol. The van der Waals surface area contributed by atoms with E-state index in [1.807, 2.05) is 31.2 Å². The smallest absolute Gasteiger partial charge is 0.267 e. The van der Waals surface area contributed by atoms with Crippen molar-refractivity contribution >= 4 is 11.6 Å². The van der Waals surface area contributed by atoms with Gasteiger partial charge in [0.1, 0.15) is 5.75 Å². The van der Waals surface area contributed by atoms with Gasteiger partial charge in [-0.05, 0) is 31.2 Å². The molecule has 1 aromatic carbocycles. The van der Waals surface area contributed by atoms with E-state index in [2.05, 4.69) is 12.0 Å². The van der Waals surface area contributed by atoms with Gasteiger partial charge in [-0.1, -0.05) is 6.58 Å². The quantitative estimate of drug-likeness (QED) is 0.781. The van der Waals surface area contributed by atoms with Crippen molar-refractivity contribution in [1.82, 2.24) is 5.43 Å². The zero-order chi connectivity index (χ0) is 11.5. The number of rotatable bonds is 3. The molecule has 0 bridgehead atoms. The zero-order valence-electron chi connectivity index (χ0n) is 9.19. The number of hydrogen-bond donors (Lipinski definition) is 1. The van der Waals surface area contributed by atoms with E-state index in [0.717, 1.165) is 11.4 Å². The molecule has 0 radical (unpaired) electrons. The van der Waals surface area contributed by atoms with Crippen molar-refractivity contribution in [1.29, 1.82) is 0 Å². The van der Waals surface area contributed by atoms with E-state index in [-0.39, 0.29) is 5.91 Å². The number of amides is 1. The summed E-state index contributed by atoms with van der Waals surface area (Å²) in [5, 5.41) is 1.76. The van der Waals surface area contributed by atoms with E-state index in [4.69, 9.17) is 4.74 Å². The third-order valence-corrected chi connectivity index (χ3v) is 2.37. The molecule has 1 N–H and O–H groups in total.